The van der Waals surface area contributed by atoms with Crippen LogP contribution in [0.3, 0.4) is 0 Å². The number of benzene rings is 2. The van der Waals surface area contributed by atoms with E-state index >= 15 is 0 Å². The lowest BCUT2D eigenvalue weighted by Crippen LogP contribution is -2.30. The predicted octanol–water partition coefficient (Wildman–Crippen LogP) is 3.40. The third-order valence-corrected chi connectivity index (χ3v) is 3.20. The van der Waals surface area contributed by atoms with Crippen molar-refractivity contribution < 1.29 is 9.84 Å². The van der Waals surface area contributed by atoms with Crippen LogP contribution in [0, 0.1) is 0 Å². The number of aliphatic hydroxyl groups is 1. The van der Waals surface area contributed by atoms with E-state index in [1.54, 1.807) is 0 Å². The largest absolute Gasteiger partial charge is 0.494 e. The summed E-state index contributed by atoms with van der Waals surface area (Å²) in [7, 11) is 0. The third kappa shape index (κ3) is 3.75. The van der Waals surface area contributed by atoms with Gasteiger partial charge in [-0.1, -0.05) is 30.3 Å². The van der Waals surface area contributed by atoms with E-state index in [2.05, 4.69) is 5.32 Å². The van der Waals surface area contributed by atoms with Gasteiger partial charge in [-0.25, -0.2) is 0 Å². The molecule has 2 aromatic rings. The van der Waals surface area contributed by atoms with Gasteiger partial charge in [-0.2, -0.15) is 0 Å². The third-order valence-electron chi connectivity index (χ3n) is 3.20. The average molecular weight is 271 g/mol. The molecule has 0 saturated heterocycles. The standard InChI is InChI=1S/C17H21NO2/c1-3-20-16-11-9-15(10-12-16)18-13-17(2,19)14-7-5-4-6-8-14/h4-12,18-19H,3,13H2,1-2H3. The highest BCUT2D eigenvalue weighted by atomic mass is 16.5. The molecule has 3 nitrogen and oxygen atoms in total. The van der Waals surface area contributed by atoms with Crippen molar-refractivity contribution >= 4 is 5.69 Å². The van der Waals surface area contributed by atoms with Gasteiger partial charge in [-0.05, 0) is 43.7 Å². The summed E-state index contributed by atoms with van der Waals surface area (Å²) in [6.07, 6.45) is 0. The lowest BCUT2D eigenvalue weighted by Gasteiger charge is -2.24. The predicted molar refractivity (Wildman–Crippen MR) is 82.1 cm³/mol. The smallest absolute Gasteiger partial charge is 0.119 e. The maximum Gasteiger partial charge on any atom is 0.119 e. The van der Waals surface area contributed by atoms with Gasteiger partial charge in [0, 0.05) is 12.2 Å². The van der Waals surface area contributed by atoms with Gasteiger partial charge in [0.25, 0.3) is 0 Å². The van der Waals surface area contributed by atoms with Gasteiger partial charge in [-0.15, -0.1) is 0 Å². The maximum absolute atomic E-state index is 10.5. The van der Waals surface area contributed by atoms with Gasteiger partial charge in [0.2, 0.25) is 0 Å². The normalized spacial score (nSPS) is 13.6. The summed E-state index contributed by atoms with van der Waals surface area (Å²) in [6.45, 7) is 4.88. The number of hydrogen-bond acceptors (Lipinski definition) is 3. The summed E-state index contributed by atoms with van der Waals surface area (Å²) < 4.78 is 5.40. The molecule has 0 aliphatic heterocycles. The lowest BCUT2D eigenvalue weighted by molar-refractivity contribution is 0.0715. The van der Waals surface area contributed by atoms with E-state index in [-0.39, 0.29) is 0 Å². The summed E-state index contributed by atoms with van der Waals surface area (Å²) >= 11 is 0. The summed E-state index contributed by atoms with van der Waals surface area (Å²) in [5, 5.41) is 13.7. The Hall–Kier alpha value is -2.00. The summed E-state index contributed by atoms with van der Waals surface area (Å²) in [6, 6.07) is 17.4. The number of hydrogen-bond donors (Lipinski definition) is 2. The van der Waals surface area contributed by atoms with Gasteiger partial charge in [0.05, 0.1) is 6.61 Å². The van der Waals surface area contributed by atoms with Gasteiger partial charge >= 0.3 is 0 Å². The highest BCUT2D eigenvalue weighted by Crippen LogP contribution is 2.22. The molecule has 1 unspecified atom stereocenters. The minimum Gasteiger partial charge on any atom is -0.494 e. The molecule has 0 amide bonds. The van der Waals surface area contributed by atoms with Crippen LogP contribution in [0.4, 0.5) is 5.69 Å². The van der Waals surface area contributed by atoms with Crippen LogP contribution in [0.15, 0.2) is 54.6 Å². The zero-order chi connectivity index (χ0) is 14.4. The van der Waals surface area contributed by atoms with Crippen LogP contribution in [0.2, 0.25) is 0 Å². The highest BCUT2D eigenvalue weighted by Gasteiger charge is 2.22. The molecule has 0 radical (unpaired) electrons. The lowest BCUT2D eigenvalue weighted by atomic mass is 9.96. The summed E-state index contributed by atoms with van der Waals surface area (Å²) in [5.41, 5.74) is 0.961. The molecule has 3 heteroatoms. The number of nitrogens with one attached hydrogen (secondary N) is 1. The van der Waals surface area contributed by atoms with E-state index in [1.807, 2.05) is 68.4 Å². The Labute approximate surface area is 120 Å². The molecule has 1 atom stereocenters. The molecule has 0 heterocycles. The van der Waals surface area contributed by atoms with Crippen LogP contribution in [-0.2, 0) is 5.60 Å². The van der Waals surface area contributed by atoms with Crippen LogP contribution in [0.25, 0.3) is 0 Å². The molecule has 0 bridgehead atoms. The molecule has 106 valence electrons. The first-order chi connectivity index (χ1) is 9.62. The van der Waals surface area contributed by atoms with Crippen molar-refractivity contribution in [3.05, 3.63) is 60.2 Å². The maximum atomic E-state index is 10.5. The molecule has 0 saturated carbocycles. The molecule has 2 aromatic carbocycles. The fourth-order valence-electron chi connectivity index (χ4n) is 2.01. The topological polar surface area (TPSA) is 41.5 Å². The first-order valence-corrected chi connectivity index (χ1v) is 6.86. The van der Waals surface area contributed by atoms with E-state index in [0.717, 1.165) is 17.0 Å². The number of ether oxygens (including phenoxy) is 1. The van der Waals surface area contributed by atoms with Crippen molar-refractivity contribution in [2.75, 3.05) is 18.5 Å². The van der Waals surface area contributed by atoms with E-state index in [1.165, 1.54) is 0 Å². The average Bonchev–Trinajstić information content (AvgIpc) is 2.48. The molecule has 0 aromatic heterocycles. The molecule has 2 rings (SSSR count). The Morgan fingerprint density at radius 1 is 1.05 bits per heavy atom. The zero-order valence-corrected chi connectivity index (χ0v) is 12.0. The Morgan fingerprint density at radius 3 is 2.30 bits per heavy atom. The van der Waals surface area contributed by atoms with Crippen molar-refractivity contribution in [3.8, 4) is 5.75 Å². The molecule has 0 fully saturated rings. The fourth-order valence-corrected chi connectivity index (χ4v) is 2.01. The van der Waals surface area contributed by atoms with Crippen molar-refractivity contribution in [1.82, 2.24) is 0 Å². The number of rotatable bonds is 6. The molecule has 0 aliphatic rings. The summed E-state index contributed by atoms with van der Waals surface area (Å²) in [4.78, 5) is 0. The van der Waals surface area contributed by atoms with Crippen LogP contribution >= 0.6 is 0 Å². The monoisotopic (exact) mass is 271 g/mol. The van der Waals surface area contributed by atoms with Crippen LogP contribution < -0.4 is 10.1 Å². The molecule has 20 heavy (non-hydrogen) atoms. The quantitative estimate of drug-likeness (QED) is 0.846. The molecule has 2 N–H and O–H groups in total. The minimum atomic E-state index is -0.903. The second-order valence-corrected chi connectivity index (χ2v) is 4.95. The Bertz CT molecular complexity index is 520. The minimum absolute atomic E-state index is 0.449. The van der Waals surface area contributed by atoms with Crippen LogP contribution in [0.1, 0.15) is 19.4 Å². The van der Waals surface area contributed by atoms with Crippen LogP contribution in [0.5, 0.6) is 5.75 Å². The van der Waals surface area contributed by atoms with Crippen molar-refractivity contribution in [3.63, 3.8) is 0 Å². The van der Waals surface area contributed by atoms with Gasteiger partial charge in [0.1, 0.15) is 11.4 Å². The van der Waals surface area contributed by atoms with Crippen molar-refractivity contribution in [1.29, 1.82) is 0 Å². The molecular weight excluding hydrogens is 250 g/mol. The SMILES string of the molecule is CCOc1ccc(NCC(C)(O)c2ccccc2)cc1. The second kappa shape index (κ2) is 6.44. The van der Waals surface area contributed by atoms with Crippen LogP contribution in [-0.4, -0.2) is 18.3 Å². The van der Waals surface area contributed by atoms with E-state index in [9.17, 15) is 5.11 Å². The van der Waals surface area contributed by atoms with E-state index in [0.29, 0.717) is 13.2 Å². The van der Waals surface area contributed by atoms with Crippen molar-refractivity contribution in [2.45, 2.75) is 19.4 Å². The fraction of sp³-hybridized carbons (Fsp3) is 0.294. The Kier molecular flexibility index (Phi) is 4.64. The van der Waals surface area contributed by atoms with Gasteiger partial charge in [-0.3, -0.25) is 0 Å². The van der Waals surface area contributed by atoms with E-state index < -0.39 is 5.60 Å². The van der Waals surface area contributed by atoms with Gasteiger partial charge in [0.15, 0.2) is 0 Å². The van der Waals surface area contributed by atoms with Crippen molar-refractivity contribution in [2.24, 2.45) is 0 Å². The van der Waals surface area contributed by atoms with Gasteiger partial charge < -0.3 is 15.2 Å². The first-order valence-electron chi connectivity index (χ1n) is 6.86. The Balaban J connectivity index is 1.97. The van der Waals surface area contributed by atoms with E-state index in [4.69, 9.17) is 4.74 Å². The highest BCUT2D eigenvalue weighted by molar-refractivity contribution is 5.47. The Morgan fingerprint density at radius 2 is 1.70 bits per heavy atom. The number of anilines is 1. The molecule has 0 aliphatic carbocycles. The molecular formula is C17H21NO2. The second-order valence-electron chi connectivity index (χ2n) is 4.95. The molecule has 0 spiro atoms. The first kappa shape index (κ1) is 14.4. The zero-order valence-electron chi connectivity index (χ0n) is 12.0. The summed E-state index contributed by atoms with van der Waals surface area (Å²) in [5.74, 6) is 0.855.